The van der Waals surface area contributed by atoms with Crippen molar-refractivity contribution in [1.82, 2.24) is 19.8 Å². The Hall–Kier alpha value is -2.77. The molecule has 1 aliphatic rings. The first-order valence-corrected chi connectivity index (χ1v) is 11.5. The van der Waals surface area contributed by atoms with Gasteiger partial charge in [-0.05, 0) is 36.6 Å². The molecule has 30 heavy (non-hydrogen) atoms. The number of anilines is 1. The Labute approximate surface area is 181 Å². The summed E-state index contributed by atoms with van der Waals surface area (Å²) >= 11 is 1.58. The number of imidazole rings is 1. The molecular weight excluding hydrogens is 394 g/mol. The first kappa shape index (κ1) is 20.5. The van der Waals surface area contributed by atoms with Gasteiger partial charge in [0, 0.05) is 68.6 Å². The molecule has 1 aromatic heterocycles. The van der Waals surface area contributed by atoms with Crippen molar-refractivity contribution in [3.63, 3.8) is 0 Å². The smallest absolute Gasteiger partial charge is 0.251 e. The second-order valence-corrected chi connectivity index (χ2v) is 8.03. The van der Waals surface area contributed by atoms with Gasteiger partial charge in [-0.2, -0.15) is 0 Å². The van der Waals surface area contributed by atoms with E-state index >= 15 is 0 Å². The Morgan fingerprint density at radius 1 is 1.03 bits per heavy atom. The number of aromatic nitrogens is 2. The fraction of sp³-hybridized carbons (Fsp3) is 0.304. The summed E-state index contributed by atoms with van der Waals surface area (Å²) in [6, 6.07) is 18.2. The molecular formula is C23H27N5OS. The molecule has 1 amide bonds. The summed E-state index contributed by atoms with van der Waals surface area (Å²) in [4.78, 5) is 21.8. The highest BCUT2D eigenvalue weighted by atomic mass is 32.2. The highest BCUT2D eigenvalue weighted by Gasteiger charge is 2.17. The van der Waals surface area contributed by atoms with Gasteiger partial charge in [0.25, 0.3) is 5.91 Å². The number of hydrogen-bond acceptors (Lipinski definition) is 5. The minimum atomic E-state index is -0.0365. The van der Waals surface area contributed by atoms with Crippen LogP contribution in [0.25, 0.3) is 5.69 Å². The molecule has 1 saturated heterocycles. The van der Waals surface area contributed by atoms with Crippen LogP contribution in [0, 0.1) is 0 Å². The highest BCUT2D eigenvalue weighted by Crippen LogP contribution is 2.19. The second kappa shape index (κ2) is 9.82. The monoisotopic (exact) mass is 421 g/mol. The highest BCUT2D eigenvalue weighted by molar-refractivity contribution is 7.98. The van der Waals surface area contributed by atoms with E-state index in [0.29, 0.717) is 12.1 Å². The van der Waals surface area contributed by atoms with Gasteiger partial charge >= 0.3 is 0 Å². The number of nitrogens with zero attached hydrogens (tertiary/aromatic N) is 4. The molecule has 0 radical (unpaired) electrons. The molecule has 0 spiro atoms. The van der Waals surface area contributed by atoms with Gasteiger partial charge < -0.3 is 10.2 Å². The van der Waals surface area contributed by atoms with E-state index in [1.807, 2.05) is 41.3 Å². The molecule has 1 N–H and O–H groups in total. The molecule has 156 valence electrons. The third kappa shape index (κ3) is 4.86. The maximum absolute atomic E-state index is 12.6. The standard InChI is InChI=1S/C23H27N5OS/c1-30-23-25-11-13-28(23)21-9-5-6-19(18-21)22(29)24-10-12-26-14-16-27(17-15-26)20-7-3-2-4-8-20/h2-9,11,13,18H,10,12,14-17H2,1H3,(H,24,29). The van der Waals surface area contributed by atoms with E-state index in [1.165, 1.54) is 5.69 Å². The van der Waals surface area contributed by atoms with Gasteiger partial charge in [0.15, 0.2) is 5.16 Å². The number of nitrogens with one attached hydrogen (secondary N) is 1. The molecule has 6 nitrogen and oxygen atoms in total. The van der Waals surface area contributed by atoms with Gasteiger partial charge in [0.1, 0.15) is 0 Å². The number of rotatable bonds is 7. The lowest BCUT2D eigenvalue weighted by atomic mass is 10.2. The van der Waals surface area contributed by atoms with Gasteiger partial charge in [-0.3, -0.25) is 14.3 Å². The molecule has 0 saturated carbocycles. The van der Waals surface area contributed by atoms with Crippen LogP contribution in [-0.2, 0) is 0 Å². The molecule has 3 aromatic rings. The molecule has 2 heterocycles. The lowest BCUT2D eigenvalue weighted by Crippen LogP contribution is -2.48. The lowest BCUT2D eigenvalue weighted by Gasteiger charge is -2.36. The summed E-state index contributed by atoms with van der Waals surface area (Å²) in [5.41, 5.74) is 2.90. The predicted octanol–water partition coefficient (Wildman–Crippen LogP) is 3.15. The predicted molar refractivity (Wildman–Crippen MR) is 123 cm³/mol. The van der Waals surface area contributed by atoms with Crippen LogP contribution in [0.3, 0.4) is 0 Å². The third-order valence-electron chi connectivity index (χ3n) is 5.38. The Kier molecular flexibility index (Phi) is 6.71. The van der Waals surface area contributed by atoms with Crippen molar-refractivity contribution < 1.29 is 4.79 Å². The van der Waals surface area contributed by atoms with Gasteiger partial charge in [-0.25, -0.2) is 4.98 Å². The summed E-state index contributed by atoms with van der Waals surface area (Å²) in [6.45, 7) is 5.57. The van der Waals surface area contributed by atoms with Crippen LogP contribution >= 0.6 is 11.8 Å². The van der Waals surface area contributed by atoms with Crippen LogP contribution in [0.5, 0.6) is 0 Å². The molecule has 0 bridgehead atoms. The molecule has 2 aromatic carbocycles. The zero-order valence-corrected chi connectivity index (χ0v) is 18.0. The fourth-order valence-corrected chi connectivity index (χ4v) is 4.26. The maximum atomic E-state index is 12.6. The first-order chi connectivity index (χ1) is 14.7. The molecule has 4 rings (SSSR count). The minimum Gasteiger partial charge on any atom is -0.369 e. The van der Waals surface area contributed by atoms with Crippen molar-refractivity contribution in [2.45, 2.75) is 5.16 Å². The average molecular weight is 422 g/mol. The maximum Gasteiger partial charge on any atom is 0.251 e. The number of para-hydroxylation sites is 1. The van der Waals surface area contributed by atoms with Gasteiger partial charge in [-0.15, -0.1) is 0 Å². The Morgan fingerprint density at radius 3 is 2.57 bits per heavy atom. The zero-order chi connectivity index (χ0) is 20.8. The molecule has 0 unspecified atom stereocenters. The third-order valence-corrected chi connectivity index (χ3v) is 6.05. The van der Waals surface area contributed by atoms with Crippen LogP contribution in [0.15, 0.2) is 72.1 Å². The molecule has 1 fully saturated rings. The van der Waals surface area contributed by atoms with Crippen LogP contribution in [0.4, 0.5) is 5.69 Å². The van der Waals surface area contributed by atoms with E-state index in [9.17, 15) is 4.79 Å². The number of carbonyl (C=O) groups is 1. The van der Waals surface area contributed by atoms with Gasteiger partial charge in [0.2, 0.25) is 0 Å². The van der Waals surface area contributed by atoms with Crippen molar-refractivity contribution in [2.24, 2.45) is 0 Å². The molecule has 0 atom stereocenters. The van der Waals surface area contributed by atoms with Gasteiger partial charge in [-0.1, -0.05) is 36.0 Å². The van der Waals surface area contributed by atoms with E-state index in [0.717, 1.165) is 43.6 Å². The van der Waals surface area contributed by atoms with E-state index < -0.39 is 0 Å². The zero-order valence-electron chi connectivity index (χ0n) is 17.2. The topological polar surface area (TPSA) is 53.4 Å². The molecule has 1 aliphatic heterocycles. The van der Waals surface area contributed by atoms with E-state index in [-0.39, 0.29) is 5.91 Å². The number of piperazine rings is 1. The van der Waals surface area contributed by atoms with Crippen molar-refractivity contribution >= 4 is 23.4 Å². The summed E-state index contributed by atoms with van der Waals surface area (Å²) in [6.07, 6.45) is 5.68. The van der Waals surface area contributed by atoms with Crippen molar-refractivity contribution in [2.75, 3.05) is 50.4 Å². The minimum absolute atomic E-state index is 0.0365. The quantitative estimate of drug-likeness (QED) is 0.594. The number of amides is 1. The fourth-order valence-electron chi connectivity index (χ4n) is 3.73. The first-order valence-electron chi connectivity index (χ1n) is 10.2. The van der Waals surface area contributed by atoms with Crippen LogP contribution in [-0.4, -0.2) is 65.9 Å². The number of hydrogen-bond donors (Lipinski definition) is 1. The number of thioether (sulfide) groups is 1. The van der Waals surface area contributed by atoms with E-state index in [1.54, 1.807) is 18.0 Å². The summed E-state index contributed by atoms with van der Waals surface area (Å²) in [5, 5.41) is 3.97. The second-order valence-electron chi connectivity index (χ2n) is 7.25. The van der Waals surface area contributed by atoms with Crippen LogP contribution in [0.2, 0.25) is 0 Å². The number of carbonyl (C=O) groups excluding carboxylic acids is 1. The van der Waals surface area contributed by atoms with Crippen LogP contribution < -0.4 is 10.2 Å². The Morgan fingerprint density at radius 2 is 1.80 bits per heavy atom. The van der Waals surface area contributed by atoms with Crippen LogP contribution in [0.1, 0.15) is 10.4 Å². The number of benzene rings is 2. The normalized spacial score (nSPS) is 14.6. The summed E-state index contributed by atoms with van der Waals surface area (Å²) in [5.74, 6) is -0.0365. The molecule has 7 heteroatoms. The molecule has 0 aliphatic carbocycles. The van der Waals surface area contributed by atoms with Crippen molar-refractivity contribution in [3.8, 4) is 5.69 Å². The van der Waals surface area contributed by atoms with E-state index in [4.69, 9.17) is 0 Å². The summed E-state index contributed by atoms with van der Waals surface area (Å²) < 4.78 is 1.99. The lowest BCUT2D eigenvalue weighted by molar-refractivity contribution is 0.0947. The van der Waals surface area contributed by atoms with Crippen molar-refractivity contribution in [1.29, 1.82) is 0 Å². The summed E-state index contributed by atoms with van der Waals surface area (Å²) in [7, 11) is 0. The SMILES string of the molecule is CSc1nccn1-c1cccc(C(=O)NCCN2CCN(c3ccccc3)CC2)c1. The van der Waals surface area contributed by atoms with E-state index in [2.05, 4.69) is 50.4 Å². The Bertz CT molecular complexity index is 966. The Balaban J connectivity index is 1.26. The largest absolute Gasteiger partial charge is 0.369 e. The van der Waals surface area contributed by atoms with Gasteiger partial charge in [0.05, 0.1) is 0 Å². The average Bonchev–Trinajstić information content (AvgIpc) is 3.29. The van der Waals surface area contributed by atoms with Crippen molar-refractivity contribution in [3.05, 3.63) is 72.6 Å².